The van der Waals surface area contributed by atoms with Crippen molar-refractivity contribution in [3.8, 4) is 23.6 Å². The van der Waals surface area contributed by atoms with Crippen LogP contribution in [0.25, 0.3) is 34.1 Å². The molecule has 2 nitrogen and oxygen atoms in total. The highest BCUT2D eigenvalue weighted by molar-refractivity contribution is 5.80. The second-order valence-corrected chi connectivity index (χ2v) is 12.5. The topological polar surface area (TPSA) is 25.8 Å². The minimum Gasteiger partial charge on any atom is -0.237 e. The smallest absolute Gasteiger partial charge is 0.136 e. The highest BCUT2D eigenvalue weighted by atomic mass is 14.9. The fraction of sp³-hybridized carbons (Fsp3) is 0.191. The Kier molecular flexibility index (Phi) is 12.1. The first-order chi connectivity index (χ1) is 23.9. The normalized spacial score (nSPS) is 15.7. The summed E-state index contributed by atoms with van der Waals surface area (Å²) < 4.78 is 0. The van der Waals surface area contributed by atoms with E-state index in [1.54, 1.807) is 0 Å². The Balaban J connectivity index is 1.50. The molecule has 0 amide bonds. The lowest BCUT2D eigenvalue weighted by atomic mass is 9.89. The standard InChI is InChI=1S/C47H46N2/c1-7-10-13-18-34(4)42-23-16-24-43(32-42)46-33-45(35(5)26-27-37(9-3)39-20-14-12-15-21-39)48-47(49-46)41-30-28-40(29-31-41)44-25-17-22-38(36(44)6)19-11-8-2/h3,8,10-25,27-30,32-33,35,41H,2,7,26,31H2,1,4-6H3/b13-10-,19-11-,34-18+,37-27+. The van der Waals surface area contributed by atoms with Crippen LogP contribution in [0.2, 0.25) is 0 Å². The molecule has 0 spiro atoms. The third kappa shape index (κ3) is 8.89. The molecule has 2 unspecified atom stereocenters. The molecule has 0 saturated heterocycles. The van der Waals surface area contributed by atoms with Crippen LogP contribution in [-0.4, -0.2) is 9.97 Å². The van der Waals surface area contributed by atoms with Gasteiger partial charge in [0.25, 0.3) is 0 Å². The summed E-state index contributed by atoms with van der Waals surface area (Å²) >= 11 is 0. The first kappa shape index (κ1) is 34.8. The molecule has 1 aromatic heterocycles. The number of allylic oxidation sites excluding steroid dienone is 12. The van der Waals surface area contributed by atoms with Crippen molar-refractivity contribution >= 4 is 22.8 Å². The van der Waals surface area contributed by atoms with E-state index >= 15 is 0 Å². The average molecular weight is 639 g/mol. The van der Waals surface area contributed by atoms with E-state index in [4.69, 9.17) is 16.4 Å². The maximum atomic E-state index is 5.95. The van der Waals surface area contributed by atoms with E-state index in [1.165, 1.54) is 33.4 Å². The van der Waals surface area contributed by atoms with E-state index in [1.807, 2.05) is 30.4 Å². The van der Waals surface area contributed by atoms with Crippen molar-refractivity contribution < 1.29 is 0 Å². The van der Waals surface area contributed by atoms with Crippen molar-refractivity contribution in [2.75, 3.05) is 0 Å². The third-order valence-electron chi connectivity index (χ3n) is 9.05. The molecule has 3 aromatic carbocycles. The molecular weight excluding hydrogens is 593 g/mol. The van der Waals surface area contributed by atoms with Crippen LogP contribution in [0, 0.1) is 19.3 Å². The second kappa shape index (κ2) is 17.0. The summed E-state index contributed by atoms with van der Waals surface area (Å²) in [5.41, 5.74) is 12.3. The van der Waals surface area contributed by atoms with Crippen LogP contribution >= 0.6 is 0 Å². The molecule has 5 rings (SSSR count). The van der Waals surface area contributed by atoms with Crippen molar-refractivity contribution in [2.45, 2.75) is 58.8 Å². The number of rotatable bonds is 12. The summed E-state index contributed by atoms with van der Waals surface area (Å²) in [5, 5.41) is 0. The largest absolute Gasteiger partial charge is 0.237 e. The van der Waals surface area contributed by atoms with Crippen LogP contribution < -0.4 is 0 Å². The van der Waals surface area contributed by atoms with Gasteiger partial charge in [-0.15, -0.1) is 6.42 Å². The van der Waals surface area contributed by atoms with Crippen molar-refractivity contribution in [1.82, 2.24) is 9.97 Å². The maximum absolute atomic E-state index is 5.95. The summed E-state index contributed by atoms with van der Waals surface area (Å²) in [7, 11) is 0. The van der Waals surface area contributed by atoms with E-state index in [2.05, 4.69) is 149 Å². The lowest BCUT2D eigenvalue weighted by molar-refractivity contribution is 0.705. The van der Waals surface area contributed by atoms with Gasteiger partial charge >= 0.3 is 0 Å². The van der Waals surface area contributed by atoms with Crippen LogP contribution in [-0.2, 0) is 0 Å². The fourth-order valence-corrected chi connectivity index (χ4v) is 6.04. The Labute approximate surface area is 293 Å². The van der Waals surface area contributed by atoms with Gasteiger partial charge in [-0.05, 0) is 84.2 Å². The first-order valence-corrected chi connectivity index (χ1v) is 17.2. The van der Waals surface area contributed by atoms with Gasteiger partial charge in [-0.3, -0.25) is 0 Å². The van der Waals surface area contributed by atoms with E-state index in [9.17, 15) is 0 Å². The number of hydrogen-bond acceptors (Lipinski definition) is 2. The molecule has 0 saturated carbocycles. The Morgan fingerprint density at radius 3 is 2.53 bits per heavy atom. The van der Waals surface area contributed by atoms with E-state index < -0.39 is 0 Å². The molecule has 0 N–H and O–H groups in total. The number of nitrogens with zero attached hydrogens (tertiary/aromatic N) is 2. The Morgan fingerprint density at radius 1 is 1.00 bits per heavy atom. The summed E-state index contributed by atoms with van der Waals surface area (Å²) in [6.07, 6.45) is 29.9. The molecule has 0 aliphatic heterocycles. The SMILES string of the molecule is C#C/C(=C\CC(C)c1cc(-c2cccc(/C(C)=C/C=C\CC)c2)nc(C2C=CC(c3cccc(/C=C\C=C)c3C)=CC2)n1)c1ccccc1. The number of hydrogen-bond donors (Lipinski definition) is 0. The monoisotopic (exact) mass is 638 g/mol. The van der Waals surface area contributed by atoms with Gasteiger partial charge < -0.3 is 0 Å². The van der Waals surface area contributed by atoms with Gasteiger partial charge in [-0.1, -0.05) is 154 Å². The highest BCUT2D eigenvalue weighted by Crippen LogP contribution is 2.34. The zero-order valence-corrected chi connectivity index (χ0v) is 29.2. The van der Waals surface area contributed by atoms with Crippen LogP contribution in [0.4, 0.5) is 0 Å². The van der Waals surface area contributed by atoms with Gasteiger partial charge in [-0.2, -0.15) is 0 Å². The molecule has 1 aliphatic rings. The van der Waals surface area contributed by atoms with Crippen molar-refractivity contribution in [3.05, 3.63) is 179 Å². The molecular formula is C47H46N2. The van der Waals surface area contributed by atoms with Crippen LogP contribution in [0.5, 0.6) is 0 Å². The number of aromatic nitrogens is 2. The van der Waals surface area contributed by atoms with E-state index in [-0.39, 0.29) is 11.8 Å². The van der Waals surface area contributed by atoms with Gasteiger partial charge in [-0.25, -0.2) is 9.97 Å². The quantitative estimate of drug-likeness (QED) is 0.114. The predicted molar refractivity (Wildman–Crippen MR) is 212 cm³/mol. The van der Waals surface area contributed by atoms with E-state index in [0.29, 0.717) is 0 Å². The van der Waals surface area contributed by atoms with Gasteiger partial charge in [0.15, 0.2) is 0 Å². The zero-order chi connectivity index (χ0) is 34.6. The molecule has 4 aromatic rings. The highest BCUT2D eigenvalue weighted by Gasteiger charge is 2.20. The predicted octanol–water partition coefficient (Wildman–Crippen LogP) is 12.4. The Hall–Kier alpha value is -5.52. The molecule has 0 bridgehead atoms. The third-order valence-corrected chi connectivity index (χ3v) is 9.05. The van der Waals surface area contributed by atoms with Gasteiger partial charge in [0.2, 0.25) is 0 Å². The minimum atomic E-state index is 0.0731. The maximum Gasteiger partial charge on any atom is 0.136 e. The van der Waals surface area contributed by atoms with Gasteiger partial charge in [0.1, 0.15) is 5.82 Å². The minimum absolute atomic E-state index is 0.0731. The summed E-state index contributed by atoms with van der Waals surface area (Å²) in [6.45, 7) is 12.5. The average Bonchev–Trinajstić information content (AvgIpc) is 3.15. The zero-order valence-electron chi connectivity index (χ0n) is 29.2. The number of terminal acetylenes is 1. The molecule has 244 valence electrons. The summed E-state index contributed by atoms with van der Waals surface area (Å²) in [6, 6.07) is 27.5. The van der Waals surface area contributed by atoms with Gasteiger partial charge in [0, 0.05) is 28.7 Å². The summed E-state index contributed by atoms with van der Waals surface area (Å²) in [5.74, 6) is 3.95. The fourth-order valence-electron chi connectivity index (χ4n) is 6.04. The molecule has 49 heavy (non-hydrogen) atoms. The van der Waals surface area contributed by atoms with Crippen molar-refractivity contribution in [3.63, 3.8) is 0 Å². The molecule has 0 fully saturated rings. The van der Waals surface area contributed by atoms with Crippen molar-refractivity contribution in [2.24, 2.45) is 0 Å². The Morgan fingerprint density at radius 2 is 1.80 bits per heavy atom. The molecule has 0 radical (unpaired) electrons. The Bertz CT molecular complexity index is 2010. The molecule has 1 aliphatic carbocycles. The van der Waals surface area contributed by atoms with Crippen LogP contribution in [0.15, 0.2) is 140 Å². The lowest BCUT2D eigenvalue weighted by Crippen LogP contribution is -2.09. The van der Waals surface area contributed by atoms with Crippen LogP contribution in [0.3, 0.4) is 0 Å². The van der Waals surface area contributed by atoms with Crippen molar-refractivity contribution in [1.29, 1.82) is 0 Å². The molecule has 2 heteroatoms. The van der Waals surface area contributed by atoms with Crippen LogP contribution in [0.1, 0.15) is 91.2 Å². The first-order valence-electron chi connectivity index (χ1n) is 17.2. The second-order valence-electron chi connectivity index (χ2n) is 12.5. The molecule has 1 heterocycles. The van der Waals surface area contributed by atoms with E-state index in [0.717, 1.165) is 53.2 Å². The number of benzene rings is 3. The summed E-state index contributed by atoms with van der Waals surface area (Å²) in [4.78, 5) is 10.4. The lowest BCUT2D eigenvalue weighted by Gasteiger charge is -2.20. The molecule has 2 atom stereocenters. The van der Waals surface area contributed by atoms with Gasteiger partial charge in [0.05, 0.1) is 5.69 Å².